The van der Waals surface area contributed by atoms with Crippen molar-refractivity contribution in [2.24, 2.45) is 0 Å². The van der Waals surface area contributed by atoms with Crippen LogP contribution < -0.4 is 0 Å². The summed E-state index contributed by atoms with van der Waals surface area (Å²) in [4.78, 5) is 25.4. The van der Waals surface area contributed by atoms with Gasteiger partial charge in [0.1, 0.15) is 0 Å². The summed E-state index contributed by atoms with van der Waals surface area (Å²) < 4.78 is 24.5. The van der Waals surface area contributed by atoms with Crippen molar-refractivity contribution < 1.29 is 28.1 Å². The van der Waals surface area contributed by atoms with E-state index in [1.807, 2.05) is 46.2 Å². The van der Waals surface area contributed by atoms with Crippen LogP contribution in [-0.4, -0.2) is 60.4 Å². The van der Waals surface area contributed by atoms with E-state index in [1.54, 1.807) is 13.8 Å². The SMILES string of the molecule is CCOC(=O)C(C(=O)OCC)=P(OC(C)C)(OC(C)C)N(CC)CC. The maximum absolute atomic E-state index is 12.7. The van der Waals surface area contributed by atoms with Gasteiger partial charge in [-0.3, -0.25) is 0 Å². The molecule has 0 aromatic carbocycles. The summed E-state index contributed by atoms with van der Waals surface area (Å²) in [5.41, 5.74) is 0. The molecule has 0 radical (unpaired) electrons. The van der Waals surface area contributed by atoms with Crippen LogP contribution in [0.4, 0.5) is 0 Å². The average Bonchev–Trinajstić information content (AvgIpc) is 2.47. The van der Waals surface area contributed by atoms with Crippen LogP contribution in [0.1, 0.15) is 55.4 Å². The maximum Gasteiger partial charge on any atom is 0.351 e. The Morgan fingerprint density at radius 2 is 1.16 bits per heavy atom. The first-order valence-electron chi connectivity index (χ1n) is 8.92. The number of hydrogen-bond donors (Lipinski definition) is 0. The fourth-order valence-corrected chi connectivity index (χ4v) is 5.57. The number of hydrogen-bond acceptors (Lipinski definition) is 7. The molecule has 0 aromatic heterocycles. The van der Waals surface area contributed by atoms with E-state index in [0.717, 1.165) is 0 Å². The van der Waals surface area contributed by atoms with Crippen molar-refractivity contribution in [1.82, 2.24) is 4.67 Å². The Morgan fingerprint density at radius 3 is 1.40 bits per heavy atom. The van der Waals surface area contributed by atoms with Crippen LogP contribution in [0.25, 0.3) is 0 Å². The van der Waals surface area contributed by atoms with Crippen molar-refractivity contribution in [2.45, 2.75) is 67.6 Å². The van der Waals surface area contributed by atoms with Gasteiger partial charge < -0.3 is 18.5 Å². The first-order valence-corrected chi connectivity index (χ1v) is 10.5. The lowest BCUT2D eigenvalue weighted by molar-refractivity contribution is -0.140. The lowest BCUT2D eigenvalue weighted by atomic mass is 10.4. The molecule has 0 aliphatic rings. The van der Waals surface area contributed by atoms with Crippen molar-refractivity contribution in [2.75, 3.05) is 26.3 Å². The molecule has 0 atom stereocenters. The van der Waals surface area contributed by atoms with Crippen molar-refractivity contribution in [3.8, 4) is 0 Å². The monoisotopic (exact) mass is 379 g/mol. The molecule has 0 spiro atoms. The molecule has 0 aromatic rings. The molecule has 0 saturated heterocycles. The van der Waals surface area contributed by atoms with E-state index in [4.69, 9.17) is 18.5 Å². The molecule has 0 aliphatic heterocycles. The molecule has 0 saturated carbocycles. The van der Waals surface area contributed by atoms with Crippen molar-refractivity contribution in [3.05, 3.63) is 0 Å². The standard InChI is InChI=1S/C17H34NO6P/c1-9-18(10-2)25(23-13(5)6,24-14(7)8)15(16(19)21-11-3)17(20)22-12-4/h13-14H,9-12H2,1-8H3. The molecular weight excluding hydrogens is 345 g/mol. The summed E-state index contributed by atoms with van der Waals surface area (Å²) in [5, 5.41) is -0.178. The van der Waals surface area contributed by atoms with Crippen molar-refractivity contribution in [3.63, 3.8) is 0 Å². The Bertz CT molecular complexity index is 452. The number of carbonyl (C=O) groups excluding carboxylic acids is 2. The normalized spacial score (nSPS) is 12.0. The summed E-state index contributed by atoms with van der Waals surface area (Å²) in [7, 11) is -3.20. The minimum Gasteiger partial charge on any atom is -0.462 e. The maximum atomic E-state index is 12.7. The lowest BCUT2D eigenvalue weighted by Gasteiger charge is -2.39. The van der Waals surface area contributed by atoms with E-state index in [-0.39, 0.29) is 30.7 Å². The molecule has 0 heterocycles. The molecule has 0 N–H and O–H groups in total. The lowest BCUT2D eigenvalue weighted by Crippen LogP contribution is -2.37. The van der Waals surface area contributed by atoms with Crippen LogP contribution in [0.2, 0.25) is 0 Å². The Kier molecular flexibility index (Phi) is 11.3. The van der Waals surface area contributed by atoms with Crippen LogP contribution in [0.15, 0.2) is 0 Å². The third kappa shape index (κ3) is 6.74. The van der Waals surface area contributed by atoms with Crippen LogP contribution >= 0.6 is 7.49 Å². The van der Waals surface area contributed by atoms with Gasteiger partial charge in [-0.25, -0.2) is 14.3 Å². The molecular formula is C17H34NO6P. The smallest absolute Gasteiger partial charge is 0.351 e. The van der Waals surface area contributed by atoms with Crippen LogP contribution in [0.5, 0.6) is 0 Å². The molecule has 0 bridgehead atoms. The fourth-order valence-electron chi connectivity index (χ4n) is 2.29. The molecule has 0 fully saturated rings. The average molecular weight is 379 g/mol. The zero-order valence-electron chi connectivity index (χ0n) is 16.8. The molecule has 25 heavy (non-hydrogen) atoms. The van der Waals surface area contributed by atoms with Gasteiger partial charge in [0.2, 0.25) is 12.8 Å². The van der Waals surface area contributed by atoms with Crippen LogP contribution in [0.3, 0.4) is 0 Å². The molecule has 148 valence electrons. The molecule has 0 amide bonds. The van der Waals surface area contributed by atoms with Crippen molar-refractivity contribution in [1.29, 1.82) is 0 Å². The molecule has 0 rings (SSSR count). The number of esters is 2. The first kappa shape index (κ1) is 24.1. The molecule has 0 aliphatic carbocycles. The quantitative estimate of drug-likeness (QED) is 0.310. The van der Waals surface area contributed by atoms with E-state index >= 15 is 0 Å². The second-order valence-corrected chi connectivity index (χ2v) is 8.23. The van der Waals surface area contributed by atoms with E-state index in [9.17, 15) is 9.59 Å². The summed E-state index contributed by atoms with van der Waals surface area (Å²) in [6, 6.07) is 0. The fraction of sp³-hybridized carbons (Fsp3) is 0.824. The molecule has 7 nitrogen and oxygen atoms in total. The van der Waals surface area contributed by atoms with Gasteiger partial charge in [0.25, 0.3) is 0 Å². The van der Waals surface area contributed by atoms with Gasteiger partial charge in [0.05, 0.1) is 25.4 Å². The Morgan fingerprint density at radius 1 is 0.800 bits per heavy atom. The second kappa shape index (κ2) is 11.7. The number of nitrogens with zero attached hydrogens (tertiary/aromatic N) is 1. The topological polar surface area (TPSA) is 74.3 Å². The second-order valence-electron chi connectivity index (χ2n) is 5.76. The van der Waals surface area contributed by atoms with Gasteiger partial charge in [-0.15, -0.1) is 0 Å². The number of ether oxygens (including phenoxy) is 2. The highest BCUT2D eigenvalue weighted by Gasteiger charge is 2.42. The van der Waals surface area contributed by atoms with Gasteiger partial charge >= 0.3 is 11.9 Å². The summed E-state index contributed by atoms with van der Waals surface area (Å²) in [6.45, 7) is 16.0. The van der Waals surface area contributed by atoms with Crippen LogP contribution in [-0.2, 0) is 28.1 Å². The van der Waals surface area contributed by atoms with Gasteiger partial charge in [0.15, 0.2) is 0 Å². The Labute approximate surface area is 152 Å². The van der Waals surface area contributed by atoms with Crippen molar-refractivity contribution >= 4 is 24.7 Å². The minimum absolute atomic E-state index is 0.142. The van der Waals surface area contributed by atoms with E-state index < -0.39 is 19.4 Å². The van der Waals surface area contributed by atoms with Gasteiger partial charge in [0, 0.05) is 13.1 Å². The zero-order chi connectivity index (χ0) is 19.6. The largest absolute Gasteiger partial charge is 0.462 e. The zero-order valence-corrected chi connectivity index (χ0v) is 17.7. The summed E-state index contributed by atoms with van der Waals surface area (Å²) >= 11 is 0. The number of carbonyl (C=O) groups is 2. The third-order valence-corrected chi connectivity index (χ3v) is 6.69. The Balaban J connectivity index is 6.81. The summed E-state index contributed by atoms with van der Waals surface area (Å²) in [5.74, 6) is -1.50. The molecule has 0 unspecified atom stereocenters. The predicted molar refractivity (Wildman–Crippen MR) is 101 cm³/mol. The van der Waals surface area contributed by atoms with Gasteiger partial charge in [-0.1, -0.05) is 13.8 Å². The van der Waals surface area contributed by atoms with E-state index in [1.165, 1.54) is 0 Å². The van der Waals surface area contributed by atoms with E-state index in [0.29, 0.717) is 13.1 Å². The van der Waals surface area contributed by atoms with Crippen LogP contribution in [0, 0.1) is 0 Å². The van der Waals surface area contributed by atoms with Gasteiger partial charge in [-0.05, 0) is 41.5 Å². The summed E-state index contributed by atoms with van der Waals surface area (Å²) in [6.07, 6.45) is -0.516. The first-order chi connectivity index (χ1) is 11.7. The number of rotatable bonds is 11. The Hall–Kier alpha value is -0.880. The third-order valence-electron chi connectivity index (χ3n) is 3.03. The highest BCUT2D eigenvalue weighted by molar-refractivity contribution is 7.69. The molecule has 8 heteroatoms. The van der Waals surface area contributed by atoms with E-state index in [2.05, 4.69) is 0 Å². The van der Waals surface area contributed by atoms with Gasteiger partial charge in [-0.2, -0.15) is 0 Å². The predicted octanol–water partition coefficient (Wildman–Crippen LogP) is 3.24. The highest BCUT2D eigenvalue weighted by atomic mass is 31.2. The minimum atomic E-state index is -3.20. The highest BCUT2D eigenvalue weighted by Crippen LogP contribution is 2.57.